The van der Waals surface area contributed by atoms with E-state index in [0.717, 1.165) is 52.1 Å². The zero-order valence-corrected chi connectivity index (χ0v) is 14.3. The first-order valence-corrected chi connectivity index (χ1v) is 8.80. The predicted octanol–water partition coefficient (Wildman–Crippen LogP) is 1.68. The van der Waals surface area contributed by atoms with Gasteiger partial charge in [0.05, 0.1) is 6.54 Å². The Morgan fingerprint density at radius 1 is 1.13 bits per heavy atom. The fourth-order valence-electron chi connectivity index (χ4n) is 3.40. The lowest BCUT2D eigenvalue weighted by atomic mass is 10.2. The molecule has 0 atom stereocenters. The van der Waals surface area contributed by atoms with Crippen molar-refractivity contribution in [2.24, 2.45) is 5.92 Å². The Hall–Kier alpha value is -1.40. The third-order valence-electron chi connectivity index (χ3n) is 4.61. The summed E-state index contributed by atoms with van der Waals surface area (Å²) in [5.41, 5.74) is 0.459. The van der Waals surface area contributed by atoms with E-state index in [-0.39, 0.29) is 5.91 Å². The van der Waals surface area contributed by atoms with Gasteiger partial charge in [-0.3, -0.25) is 9.69 Å². The Kier molecular flexibility index (Phi) is 5.33. The highest BCUT2D eigenvalue weighted by Crippen LogP contribution is 2.14. The third-order valence-corrected chi connectivity index (χ3v) is 4.61. The molecule has 0 radical (unpaired) electrons. The Morgan fingerprint density at radius 3 is 2.43 bits per heavy atom. The summed E-state index contributed by atoms with van der Waals surface area (Å²) < 4.78 is 5.53. The fraction of sp³-hybridized carbons (Fsp3) is 0.765. The van der Waals surface area contributed by atoms with Gasteiger partial charge in [0.15, 0.2) is 5.69 Å². The number of hydrogen-bond acceptors (Lipinski definition) is 5. The molecule has 2 saturated heterocycles. The Balaban J connectivity index is 1.49. The van der Waals surface area contributed by atoms with Gasteiger partial charge >= 0.3 is 0 Å². The number of amides is 1. The summed E-state index contributed by atoms with van der Waals surface area (Å²) in [7, 11) is 0. The molecule has 1 amide bonds. The highest BCUT2D eigenvalue weighted by Gasteiger charge is 2.24. The molecular formula is C17H28N4O2. The van der Waals surface area contributed by atoms with Crippen LogP contribution in [0.4, 0.5) is 0 Å². The monoisotopic (exact) mass is 320 g/mol. The van der Waals surface area contributed by atoms with Crippen LogP contribution in [0.2, 0.25) is 0 Å². The molecule has 0 aliphatic carbocycles. The van der Waals surface area contributed by atoms with Gasteiger partial charge in [-0.25, -0.2) is 4.98 Å². The molecule has 23 heavy (non-hydrogen) atoms. The second-order valence-electron chi connectivity index (χ2n) is 7.10. The van der Waals surface area contributed by atoms with Gasteiger partial charge in [0.1, 0.15) is 6.26 Å². The minimum absolute atomic E-state index is 0.0132. The van der Waals surface area contributed by atoms with Gasteiger partial charge in [0.2, 0.25) is 5.89 Å². The molecule has 0 aromatic carbocycles. The van der Waals surface area contributed by atoms with E-state index < -0.39 is 0 Å². The summed E-state index contributed by atoms with van der Waals surface area (Å²) in [5, 5.41) is 0. The smallest absolute Gasteiger partial charge is 0.275 e. The summed E-state index contributed by atoms with van der Waals surface area (Å²) in [6.07, 6.45) is 3.71. The summed E-state index contributed by atoms with van der Waals surface area (Å²) in [4.78, 5) is 23.4. The summed E-state index contributed by atoms with van der Waals surface area (Å²) in [6.45, 7) is 12.3. The normalized spacial score (nSPS) is 20.6. The van der Waals surface area contributed by atoms with E-state index in [1.807, 2.05) is 4.90 Å². The van der Waals surface area contributed by atoms with Crippen molar-refractivity contribution in [1.29, 1.82) is 0 Å². The van der Waals surface area contributed by atoms with Crippen LogP contribution in [0.3, 0.4) is 0 Å². The minimum atomic E-state index is 0.0132. The molecule has 0 unspecified atom stereocenters. The number of likely N-dealkylation sites (tertiary alicyclic amines) is 1. The van der Waals surface area contributed by atoms with Crippen molar-refractivity contribution in [3.05, 3.63) is 17.8 Å². The molecular weight excluding hydrogens is 292 g/mol. The maximum absolute atomic E-state index is 12.3. The average molecular weight is 320 g/mol. The van der Waals surface area contributed by atoms with E-state index in [9.17, 15) is 4.79 Å². The number of piperazine rings is 1. The van der Waals surface area contributed by atoms with Crippen LogP contribution in [0, 0.1) is 5.92 Å². The van der Waals surface area contributed by atoms with Crippen molar-refractivity contribution >= 4 is 5.91 Å². The highest BCUT2D eigenvalue weighted by atomic mass is 16.3. The SMILES string of the molecule is CC(C)CN1CCN(Cc2nc(C(=O)N3CCCC3)co2)CC1. The van der Waals surface area contributed by atoms with E-state index in [0.29, 0.717) is 24.0 Å². The van der Waals surface area contributed by atoms with Crippen LogP contribution in [-0.4, -0.2) is 71.4 Å². The molecule has 128 valence electrons. The number of oxazole rings is 1. The maximum Gasteiger partial charge on any atom is 0.275 e. The van der Waals surface area contributed by atoms with E-state index >= 15 is 0 Å². The average Bonchev–Trinajstić information content (AvgIpc) is 3.19. The first-order valence-electron chi connectivity index (χ1n) is 8.80. The summed E-state index contributed by atoms with van der Waals surface area (Å²) in [6, 6.07) is 0. The summed E-state index contributed by atoms with van der Waals surface area (Å²) >= 11 is 0. The lowest BCUT2D eigenvalue weighted by molar-refractivity contribution is 0.0786. The molecule has 2 aliphatic heterocycles. The van der Waals surface area contributed by atoms with Crippen LogP contribution in [0.5, 0.6) is 0 Å². The van der Waals surface area contributed by atoms with Crippen LogP contribution in [-0.2, 0) is 6.54 Å². The second kappa shape index (κ2) is 7.45. The van der Waals surface area contributed by atoms with E-state index in [4.69, 9.17) is 4.42 Å². The molecule has 2 fully saturated rings. The molecule has 2 aliphatic rings. The fourth-order valence-corrected chi connectivity index (χ4v) is 3.40. The van der Waals surface area contributed by atoms with Gasteiger partial charge in [-0.2, -0.15) is 0 Å². The van der Waals surface area contributed by atoms with Gasteiger partial charge < -0.3 is 14.2 Å². The van der Waals surface area contributed by atoms with Crippen molar-refractivity contribution in [2.45, 2.75) is 33.2 Å². The Bertz CT molecular complexity index is 514. The summed E-state index contributed by atoms with van der Waals surface area (Å²) in [5.74, 6) is 1.39. The van der Waals surface area contributed by atoms with Crippen LogP contribution < -0.4 is 0 Å². The number of carbonyl (C=O) groups is 1. The predicted molar refractivity (Wildman–Crippen MR) is 88.2 cm³/mol. The largest absolute Gasteiger partial charge is 0.447 e. The molecule has 3 rings (SSSR count). The van der Waals surface area contributed by atoms with Gasteiger partial charge in [0, 0.05) is 45.8 Å². The van der Waals surface area contributed by atoms with E-state index in [1.165, 1.54) is 12.8 Å². The number of hydrogen-bond donors (Lipinski definition) is 0. The molecule has 0 spiro atoms. The lowest BCUT2D eigenvalue weighted by Crippen LogP contribution is -2.46. The topological polar surface area (TPSA) is 52.8 Å². The zero-order valence-electron chi connectivity index (χ0n) is 14.3. The van der Waals surface area contributed by atoms with Crippen LogP contribution in [0.25, 0.3) is 0 Å². The Morgan fingerprint density at radius 2 is 1.78 bits per heavy atom. The van der Waals surface area contributed by atoms with E-state index in [1.54, 1.807) is 0 Å². The van der Waals surface area contributed by atoms with Crippen LogP contribution >= 0.6 is 0 Å². The molecule has 1 aromatic rings. The van der Waals surface area contributed by atoms with Gasteiger partial charge in [-0.1, -0.05) is 13.8 Å². The lowest BCUT2D eigenvalue weighted by Gasteiger charge is -2.34. The first kappa shape index (κ1) is 16.5. The molecule has 0 N–H and O–H groups in total. The second-order valence-corrected chi connectivity index (χ2v) is 7.10. The molecule has 1 aromatic heterocycles. The van der Waals surface area contributed by atoms with Crippen molar-refractivity contribution in [3.63, 3.8) is 0 Å². The molecule has 6 heteroatoms. The first-order chi connectivity index (χ1) is 11.1. The number of nitrogens with zero attached hydrogens (tertiary/aromatic N) is 4. The number of aromatic nitrogens is 1. The van der Waals surface area contributed by atoms with Gasteiger partial charge in [-0.05, 0) is 18.8 Å². The molecule has 3 heterocycles. The standard InChI is InChI=1S/C17H28N4O2/c1-14(2)11-19-7-9-20(10-8-19)12-16-18-15(13-23-16)17(22)21-5-3-4-6-21/h13-14H,3-12H2,1-2H3. The molecule has 0 saturated carbocycles. The van der Waals surface area contributed by atoms with Crippen molar-refractivity contribution in [1.82, 2.24) is 19.7 Å². The minimum Gasteiger partial charge on any atom is -0.447 e. The number of rotatable bonds is 5. The van der Waals surface area contributed by atoms with Crippen molar-refractivity contribution in [2.75, 3.05) is 45.8 Å². The highest BCUT2D eigenvalue weighted by molar-refractivity contribution is 5.92. The van der Waals surface area contributed by atoms with Crippen LogP contribution in [0.1, 0.15) is 43.1 Å². The quantitative estimate of drug-likeness (QED) is 0.826. The van der Waals surface area contributed by atoms with Gasteiger partial charge in [0.25, 0.3) is 5.91 Å². The van der Waals surface area contributed by atoms with Crippen LogP contribution in [0.15, 0.2) is 10.7 Å². The van der Waals surface area contributed by atoms with Gasteiger partial charge in [-0.15, -0.1) is 0 Å². The molecule has 6 nitrogen and oxygen atoms in total. The van der Waals surface area contributed by atoms with E-state index in [2.05, 4.69) is 28.6 Å². The van der Waals surface area contributed by atoms with Crippen molar-refractivity contribution < 1.29 is 9.21 Å². The molecule has 0 bridgehead atoms. The maximum atomic E-state index is 12.3. The zero-order chi connectivity index (χ0) is 16.2. The van der Waals surface area contributed by atoms with Crippen molar-refractivity contribution in [3.8, 4) is 0 Å². The number of carbonyl (C=O) groups excluding carboxylic acids is 1. The third kappa shape index (κ3) is 4.32. The Labute approximate surface area is 138 Å².